The first-order valence-corrected chi connectivity index (χ1v) is 17.9. The molecule has 2 bridgehead atoms. The van der Waals surface area contributed by atoms with E-state index in [0.717, 1.165) is 42.8 Å². The molecule has 6 rings (SSSR count). The molecule has 1 amide bonds. The van der Waals surface area contributed by atoms with E-state index in [0.29, 0.717) is 38.3 Å². The van der Waals surface area contributed by atoms with Crippen molar-refractivity contribution in [3.8, 4) is 5.75 Å². The standard InChI is InChI=1S/C34H43ClN2O7S/c1-22-5-2-3-7-31(43-19-27(39)18-38)28-11-8-25(28)17-37-20-34(14-4-6-23-15-26(35)10-12-29(23)34)21-44-32-13-9-24(16-30(32)37)33(40)36-45(22,41)42/h3,7,9-10,12-13,15-16,22,25,27-28,31,38-39H,2,4-6,8,11,14,17-21H2,1H3,(H,36,40)/b7-3-/t22-,25+,27+,28-,31+,34+/m1/s1. The number of carbonyl (C=O) groups excluding carboxylic acids is 1. The molecule has 6 atom stereocenters. The van der Waals surface area contributed by atoms with Gasteiger partial charge in [-0.25, -0.2) is 13.1 Å². The predicted octanol–water partition coefficient (Wildman–Crippen LogP) is 4.38. The van der Waals surface area contributed by atoms with Crippen LogP contribution in [0.15, 0.2) is 48.6 Å². The van der Waals surface area contributed by atoms with Gasteiger partial charge in [0.1, 0.15) is 11.9 Å². The molecule has 9 nitrogen and oxygen atoms in total. The molecule has 1 fully saturated rings. The smallest absolute Gasteiger partial charge is 0.264 e. The Balaban J connectivity index is 1.40. The molecular weight excluding hydrogens is 616 g/mol. The summed E-state index contributed by atoms with van der Waals surface area (Å²) in [5.41, 5.74) is 3.22. The number of allylic oxidation sites excluding steroid dienone is 1. The fourth-order valence-electron chi connectivity index (χ4n) is 7.39. The molecule has 2 aromatic carbocycles. The molecule has 45 heavy (non-hydrogen) atoms. The van der Waals surface area contributed by atoms with E-state index in [9.17, 15) is 23.4 Å². The molecule has 2 aliphatic heterocycles. The lowest BCUT2D eigenvalue weighted by Gasteiger charge is -2.46. The number of rotatable bonds is 4. The van der Waals surface area contributed by atoms with Crippen molar-refractivity contribution in [2.75, 3.05) is 37.8 Å². The van der Waals surface area contributed by atoms with E-state index in [1.165, 1.54) is 11.1 Å². The maximum Gasteiger partial charge on any atom is 0.264 e. The Morgan fingerprint density at radius 2 is 2.04 bits per heavy atom. The van der Waals surface area contributed by atoms with Crippen molar-refractivity contribution in [3.63, 3.8) is 0 Å². The van der Waals surface area contributed by atoms with Gasteiger partial charge in [0, 0.05) is 29.1 Å². The summed E-state index contributed by atoms with van der Waals surface area (Å²) in [5, 5.41) is 19.4. The highest BCUT2D eigenvalue weighted by molar-refractivity contribution is 7.90. The van der Waals surface area contributed by atoms with Crippen molar-refractivity contribution in [2.24, 2.45) is 11.8 Å². The third kappa shape index (κ3) is 6.76. The van der Waals surface area contributed by atoms with Gasteiger partial charge < -0.3 is 24.6 Å². The van der Waals surface area contributed by atoms with Gasteiger partial charge in [0.2, 0.25) is 10.0 Å². The first-order valence-electron chi connectivity index (χ1n) is 16.0. The molecule has 0 aromatic heterocycles. The van der Waals surface area contributed by atoms with Crippen molar-refractivity contribution in [1.82, 2.24) is 4.72 Å². The van der Waals surface area contributed by atoms with Gasteiger partial charge in [-0.15, -0.1) is 0 Å². The fourth-order valence-corrected chi connectivity index (χ4v) is 8.61. The number of sulfonamides is 1. The second-order valence-corrected chi connectivity index (χ2v) is 15.8. The number of ether oxygens (including phenoxy) is 2. The number of nitrogens with one attached hydrogen (secondary N) is 1. The van der Waals surface area contributed by atoms with Crippen LogP contribution in [-0.4, -0.2) is 74.9 Å². The van der Waals surface area contributed by atoms with Crippen LogP contribution in [0.5, 0.6) is 5.75 Å². The predicted molar refractivity (Wildman–Crippen MR) is 173 cm³/mol. The number of amides is 1. The van der Waals surface area contributed by atoms with Gasteiger partial charge in [0.25, 0.3) is 5.91 Å². The third-order valence-corrected chi connectivity index (χ3v) is 12.2. The minimum absolute atomic E-state index is 0.0116. The summed E-state index contributed by atoms with van der Waals surface area (Å²) in [5.74, 6) is 0.457. The Morgan fingerprint density at radius 3 is 2.82 bits per heavy atom. The number of hydrogen-bond acceptors (Lipinski definition) is 8. The number of halogens is 1. The molecule has 1 spiro atoms. The van der Waals surface area contributed by atoms with Crippen LogP contribution in [0, 0.1) is 11.8 Å². The van der Waals surface area contributed by atoms with E-state index >= 15 is 0 Å². The number of aliphatic hydroxyl groups is 2. The van der Waals surface area contributed by atoms with Crippen LogP contribution in [0.4, 0.5) is 5.69 Å². The maximum absolute atomic E-state index is 13.3. The number of hydrogen-bond donors (Lipinski definition) is 3. The van der Waals surface area contributed by atoms with Crippen LogP contribution in [0.3, 0.4) is 0 Å². The number of aryl methyl sites for hydroxylation is 1. The van der Waals surface area contributed by atoms with Crippen molar-refractivity contribution in [2.45, 2.75) is 74.7 Å². The van der Waals surface area contributed by atoms with E-state index in [-0.39, 0.29) is 42.1 Å². The number of anilines is 1. The van der Waals surface area contributed by atoms with E-state index in [1.807, 2.05) is 18.2 Å². The monoisotopic (exact) mass is 658 g/mol. The zero-order valence-electron chi connectivity index (χ0n) is 25.7. The Labute approximate surface area is 270 Å². The largest absolute Gasteiger partial charge is 0.490 e. The van der Waals surface area contributed by atoms with Crippen LogP contribution in [-0.2, 0) is 26.6 Å². The molecule has 2 heterocycles. The third-order valence-electron chi connectivity index (χ3n) is 10.2. The van der Waals surface area contributed by atoms with Crippen molar-refractivity contribution < 1.29 is 32.9 Å². The number of benzene rings is 2. The van der Waals surface area contributed by atoms with Gasteiger partial charge in [0.05, 0.1) is 36.9 Å². The van der Waals surface area contributed by atoms with Gasteiger partial charge in [-0.3, -0.25) is 4.79 Å². The Morgan fingerprint density at radius 1 is 1.20 bits per heavy atom. The summed E-state index contributed by atoms with van der Waals surface area (Å²) >= 11 is 6.41. The molecule has 3 N–H and O–H groups in total. The first-order chi connectivity index (χ1) is 21.6. The highest BCUT2D eigenvalue weighted by atomic mass is 35.5. The highest BCUT2D eigenvalue weighted by Gasteiger charge is 2.44. The number of aliphatic hydroxyl groups excluding tert-OH is 2. The zero-order valence-corrected chi connectivity index (χ0v) is 27.2. The number of fused-ring (bicyclic) bond motifs is 4. The lowest BCUT2D eigenvalue weighted by atomic mass is 9.68. The molecule has 0 unspecified atom stereocenters. The molecule has 1 saturated carbocycles. The van der Waals surface area contributed by atoms with Crippen molar-refractivity contribution in [1.29, 1.82) is 0 Å². The van der Waals surface area contributed by atoms with Gasteiger partial charge in [-0.2, -0.15) is 0 Å². The second kappa shape index (κ2) is 13.2. The topological polar surface area (TPSA) is 125 Å². The second-order valence-electron chi connectivity index (χ2n) is 13.2. The summed E-state index contributed by atoms with van der Waals surface area (Å²) in [6.07, 6.45) is 8.33. The normalized spacial score (nSPS) is 30.9. The molecule has 2 aromatic rings. The minimum atomic E-state index is -3.92. The summed E-state index contributed by atoms with van der Waals surface area (Å²) < 4.78 is 41.2. The molecular formula is C34H43ClN2O7S. The lowest BCUT2D eigenvalue weighted by Crippen LogP contribution is -2.50. The van der Waals surface area contributed by atoms with Crippen LogP contribution >= 0.6 is 11.6 Å². The van der Waals surface area contributed by atoms with E-state index in [2.05, 4.69) is 21.8 Å². The van der Waals surface area contributed by atoms with Crippen LogP contribution in [0.25, 0.3) is 0 Å². The highest BCUT2D eigenvalue weighted by Crippen LogP contribution is 2.47. The van der Waals surface area contributed by atoms with Crippen molar-refractivity contribution >= 4 is 33.2 Å². The first kappa shape index (κ1) is 32.3. The summed E-state index contributed by atoms with van der Waals surface area (Å²) in [6.45, 7) is 3.07. The molecule has 0 radical (unpaired) electrons. The lowest BCUT2D eigenvalue weighted by molar-refractivity contribution is -0.0584. The summed E-state index contributed by atoms with van der Waals surface area (Å²) in [7, 11) is -3.92. The average Bonchev–Trinajstić information content (AvgIpc) is 3.15. The maximum atomic E-state index is 13.3. The van der Waals surface area contributed by atoms with E-state index < -0.39 is 27.3 Å². The van der Waals surface area contributed by atoms with E-state index in [4.69, 9.17) is 21.1 Å². The van der Waals surface area contributed by atoms with Gasteiger partial charge in [0.15, 0.2) is 0 Å². The number of nitrogens with zero attached hydrogens (tertiary/aromatic N) is 1. The SMILES string of the molecule is C[C@@H]1CC/C=C\[C@H](OC[C@@H](O)CO)[C@@H]2CC[C@H]2CN2C[C@@]3(CCCc4cc(Cl)ccc43)COc3ccc(cc32)C(=O)NS1(=O)=O. The van der Waals surface area contributed by atoms with Crippen molar-refractivity contribution in [3.05, 3.63) is 70.3 Å². The Hall–Kier alpha value is -2.63. The molecule has 0 saturated heterocycles. The molecule has 11 heteroatoms. The summed E-state index contributed by atoms with van der Waals surface area (Å²) in [6, 6.07) is 11.3. The summed E-state index contributed by atoms with van der Waals surface area (Å²) in [4.78, 5) is 15.6. The van der Waals surface area contributed by atoms with Crippen LogP contribution in [0.1, 0.15) is 66.9 Å². The fraction of sp³-hybridized carbons (Fsp3) is 0.559. The quantitative estimate of drug-likeness (QED) is 0.414. The zero-order chi connectivity index (χ0) is 31.8. The van der Waals surface area contributed by atoms with Gasteiger partial charge in [-0.05, 0) is 105 Å². The molecule has 244 valence electrons. The molecule has 4 aliphatic rings. The van der Waals surface area contributed by atoms with Gasteiger partial charge in [-0.1, -0.05) is 29.8 Å². The van der Waals surface area contributed by atoms with Crippen LogP contribution in [0.2, 0.25) is 5.02 Å². The Bertz CT molecular complexity index is 1550. The minimum Gasteiger partial charge on any atom is -0.490 e. The molecule has 2 aliphatic carbocycles. The Kier molecular flexibility index (Phi) is 9.51. The van der Waals surface area contributed by atoms with E-state index in [1.54, 1.807) is 25.1 Å². The van der Waals surface area contributed by atoms with Crippen LogP contribution < -0.4 is 14.4 Å². The van der Waals surface area contributed by atoms with Gasteiger partial charge >= 0.3 is 0 Å². The average molecular weight is 659 g/mol. The number of carbonyl (C=O) groups is 1.